The van der Waals surface area contributed by atoms with Crippen molar-refractivity contribution < 1.29 is 21.0 Å². The van der Waals surface area contributed by atoms with Crippen molar-refractivity contribution in [2.75, 3.05) is 6.26 Å². The summed E-state index contributed by atoms with van der Waals surface area (Å²) in [6, 6.07) is 12.4. The summed E-state index contributed by atoms with van der Waals surface area (Å²) < 4.78 is 51.9. The Bertz CT molecular complexity index is 939. The van der Waals surface area contributed by atoms with Crippen molar-refractivity contribution in [3.8, 4) is 11.8 Å². The van der Waals surface area contributed by atoms with Crippen LogP contribution < -0.4 is 4.18 Å². The monoisotopic (exact) mass is 337 g/mol. The average molecular weight is 337 g/mol. The summed E-state index contributed by atoms with van der Waals surface area (Å²) >= 11 is 0. The highest BCUT2D eigenvalue weighted by Gasteiger charge is 2.19. The zero-order valence-electron chi connectivity index (χ0n) is 11.4. The van der Waals surface area contributed by atoms with E-state index in [1.54, 1.807) is 12.1 Å². The zero-order chi connectivity index (χ0) is 16.4. The van der Waals surface area contributed by atoms with Crippen LogP contribution in [0, 0.1) is 11.3 Å². The molecular formula is C14H11NO5S2. The minimum absolute atomic E-state index is 0.00359. The number of hydrogen-bond acceptors (Lipinski definition) is 6. The second-order valence-electron chi connectivity index (χ2n) is 4.39. The van der Waals surface area contributed by atoms with Gasteiger partial charge < -0.3 is 4.18 Å². The van der Waals surface area contributed by atoms with E-state index in [2.05, 4.69) is 0 Å². The van der Waals surface area contributed by atoms with Crippen molar-refractivity contribution in [3.63, 3.8) is 0 Å². The van der Waals surface area contributed by atoms with E-state index in [0.717, 1.165) is 18.4 Å². The molecular weight excluding hydrogens is 326 g/mol. The number of sulfone groups is 1. The van der Waals surface area contributed by atoms with Crippen LogP contribution >= 0.6 is 0 Å². The highest BCUT2D eigenvalue weighted by Crippen LogP contribution is 2.23. The molecule has 8 heteroatoms. The van der Waals surface area contributed by atoms with E-state index < -0.39 is 20.0 Å². The maximum Gasteiger partial charge on any atom is 0.339 e. The molecule has 0 aliphatic carbocycles. The van der Waals surface area contributed by atoms with Gasteiger partial charge in [0.1, 0.15) is 11.0 Å². The predicted octanol–water partition coefficient (Wildman–Crippen LogP) is 1.73. The van der Waals surface area contributed by atoms with Gasteiger partial charge in [0, 0.05) is 6.26 Å². The lowest BCUT2D eigenvalue weighted by Gasteiger charge is -2.08. The van der Waals surface area contributed by atoms with Crippen molar-refractivity contribution in [1.29, 1.82) is 5.26 Å². The molecule has 2 rings (SSSR count). The summed E-state index contributed by atoms with van der Waals surface area (Å²) in [5.74, 6) is -0.0859. The Balaban J connectivity index is 2.37. The molecule has 22 heavy (non-hydrogen) atoms. The molecule has 0 saturated carbocycles. The first-order valence-electron chi connectivity index (χ1n) is 5.98. The van der Waals surface area contributed by atoms with Gasteiger partial charge in [-0.25, -0.2) is 8.42 Å². The third kappa shape index (κ3) is 3.44. The van der Waals surface area contributed by atoms with Crippen LogP contribution in [-0.4, -0.2) is 23.1 Å². The molecule has 0 saturated heterocycles. The summed E-state index contributed by atoms with van der Waals surface area (Å²) in [4.78, 5) is -0.198. The molecule has 0 aliphatic heterocycles. The van der Waals surface area contributed by atoms with Gasteiger partial charge in [-0.1, -0.05) is 12.1 Å². The predicted molar refractivity (Wildman–Crippen MR) is 78.5 cm³/mol. The van der Waals surface area contributed by atoms with Gasteiger partial charge in [-0.3, -0.25) is 0 Å². The van der Waals surface area contributed by atoms with E-state index >= 15 is 0 Å². The summed E-state index contributed by atoms with van der Waals surface area (Å²) in [7, 11) is -7.57. The van der Waals surface area contributed by atoms with Gasteiger partial charge in [-0.05, 0) is 36.4 Å². The normalized spacial score (nSPS) is 11.6. The molecule has 0 unspecified atom stereocenters. The van der Waals surface area contributed by atoms with E-state index in [-0.39, 0.29) is 21.1 Å². The van der Waals surface area contributed by atoms with Gasteiger partial charge >= 0.3 is 10.1 Å². The maximum atomic E-state index is 12.1. The largest absolute Gasteiger partial charge is 0.378 e. The Hall–Kier alpha value is -2.37. The fraction of sp³-hybridized carbons (Fsp3) is 0.0714. The second kappa shape index (κ2) is 5.79. The van der Waals surface area contributed by atoms with E-state index in [9.17, 15) is 16.8 Å². The van der Waals surface area contributed by atoms with Gasteiger partial charge in [0.2, 0.25) is 0 Å². The molecule has 0 radical (unpaired) electrons. The Labute approximate surface area is 128 Å². The summed E-state index contributed by atoms with van der Waals surface area (Å²) in [6.45, 7) is 0. The molecule has 2 aromatic rings. The van der Waals surface area contributed by atoms with Crippen LogP contribution in [-0.2, 0) is 20.0 Å². The molecule has 0 heterocycles. The molecule has 0 aliphatic rings. The summed E-state index contributed by atoms with van der Waals surface area (Å²) in [5.41, 5.74) is 0.0823. The maximum absolute atomic E-state index is 12.1. The lowest BCUT2D eigenvalue weighted by molar-refractivity contribution is 0.485. The minimum atomic E-state index is -4.15. The van der Waals surface area contributed by atoms with E-state index in [1.807, 2.05) is 6.07 Å². The Morgan fingerprint density at radius 1 is 0.909 bits per heavy atom. The SMILES string of the molecule is CS(=O)(=O)c1ccc(S(=O)(=O)Oc2ccccc2C#N)cc1. The smallest absolute Gasteiger partial charge is 0.339 e. The van der Waals surface area contributed by atoms with Crippen molar-refractivity contribution in [2.24, 2.45) is 0 Å². The Kier molecular flexibility index (Phi) is 4.21. The van der Waals surface area contributed by atoms with Gasteiger partial charge in [0.15, 0.2) is 15.6 Å². The number of para-hydroxylation sites is 1. The van der Waals surface area contributed by atoms with Crippen molar-refractivity contribution in [2.45, 2.75) is 9.79 Å². The Morgan fingerprint density at radius 3 is 2.00 bits per heavy atom. The first-order valence-corrected chi connectivity index (χ1v) is 9.28. The fourth-order valence-electron chi connectivity index (χ4n) is 1.65. The highest BCUT2D eigenvalue weighted by atomic mass is 32.2. The topological polar surface area (TPSA) is 101 Å². The average Bonchev–Trinajstić information content (AvgIpc) is 2.47. The van der Waals surface area contributed by atoms with E-state index in [4.69, 9.17) is 9.44 Å². The molecule has 0 N–H and O–H groups in total. The third-order valence-corrected chi connectivity index (χ3v) is 5.12. The lowest BCUT2D eigenvalue weighted by atomic mass is 10.2. The van der Waals surface area contributed by atoms with Crippen LogP contribution in [0.5, 0.6) is 5.75 Å². The molecule has 2 aromatic carbocycles. The molecule has 0 spiro atoms. The van der Waals surface area contributed by atoms with Crippen molar-refractivity contribution in [3.05, 3.63) is 54.1 Å². The number of nitriles is 1. The van der Waals surface area contributed by atoms with Crippen LogP contribution in [0.2, 0.25) is 0 Å². The van der Waals surface area contributed by atoms with Gasteiger partial charge in [-0.15, -0.1) is 0 Å². The van der Waals surface area contributed by atoms with Gasteiger partial charge in [0.05, 0.1) is 10.5 Å². The first kappa shape index (κ1) is 16.0. The van der Waals surface area contributed by atoms with Gasteiger partial charge in [0.25, 0.3) is 0 Å². The van der Waals surface area contributed by atoms with E-state index in [1.165, 1.54) is 24.3 Å². The highest BCUT2D eigenvalue weighted by molar-refractivity contribution is 7.90. The molecule has 6 nitrogen and oxygen atoms in total. The molecule has 0 atom stereocenters. The number of benzene rings is 2. The second-order valence-corrected chi connectivity index (χ2v) is 7.95. The fourth-order valence-corrected chi connectivity index (χ4v) is 3.23. The van der Waals surface area contributed by atoms with Crippen LogP contribution in [0.15, 0.2) is 58.3 Å². The lowest BCUT2D eigenvalue weighted by Crippen LogP contribution is -2.11. The number of rotatable bonds is 4. The first-order chi connectivity index (χ1) is 10.2. The number of hydrogen-bond donors (Lipinski definition) is 0. The van der Waals surface area contributed by atoms with Crippen LogP contribution in [0.25, 0.3) is 0 Å². The third-order valence-electron chi connectivity index (χ3n) is 2.75. The molecule has 114 valence electrons. The van der Waals surface area contributed by atoms with Crippen LogP contribution in [0.1, 0.15) is 5.56 Å². The Morgan fingerprint density at radius 2 is 1.45 bits per heavy atom. The zero-order valence-corrected chi connectivity index (χ0v) is 13.1. The molecule has 0 fully saturated rings. The van der Waals surface area contributed by atoms with Gasteiger partial charge in [-0.2, -0.15) is 13.7 Å². The van der Waals surface area contributed by atoms with Crippen molar-refractivity contribution >= 4 is 20.0 Å². The van der Waals surface area contributed by atoms with Crippen molar-refractivity contribution in [1.82, 2.24) is 0 Å². The summed E-state index contributed by atoms with van der Waals surface area (Å²) in [6.07, 6.45) is 1.02. The van der Waals surface area contributed by atoms with Crippen LogP contribution in [0.3, 0.4) is 0 Å². The number of nitrogens with zero attached hydrogens (tertiary/aromatic N) is 1. The molecule has 0 aromatic heterocycles. The minimum Gasteiger partial charge on any atom is -0.378 e. The standard InChI is InChI=1S/C14H11NO5S2/c1-21(16,17)12-6-8-13(9-7-12)22(18,19)20-14-5-3-2-4-11(14)10-15/h2-9H,1H3. The molecule has 0 amide bonds. The summed E-state index contributed by atoms with van der Waals surface area (Å²) in [5, 5.41) is 8.92. The van der Waals surface area contributed by atoms with E-state index in [0.29, 0.717) is 0 Å². The quantitative estimate of drug-likeness (QED) is 0.787. The van der Waals surface area contributed by atoms with Crippen LogP contribution in [0.4, 0.5) is 0 Å². The molecule has 0 bridgehead atoms.